The number of ether oxygens (including phenoxy) is 1. The third-order valence-electron chi connectivity index (χ3n) is 5.14. The van der Waals surface area contributed by atoms with Crippen LogP contribution in [0.4, 0.5) is 4.79 Å². The third-order valence-corrected chi connectivity index (χ3v) is 6.58. The lowest BCUT2D eigenvalue weighted by molar-refractivity contribution is 0.181. The molecule has 3 aromatic rings. The Bertz CT molecular complexity index is 1090. The van der Waals surface area contributed by atoms with E-state index < -0.39 is 0 Å². The number of nitrogens with zero attached hydrogens (tertiary/aromatic N) is 3. The van der Waals surface area contributed by atoms with Gasteiger partial charge in [0.15, 0.2) is 6.61 Å². The van der Waals surface area contributed by atoms with E-state index in [0.29, 0.717) is 36.3 Å². The van der Waals surface area contributed by atoms with Gasteiger partial charge in [-0.3, -0.25) is 0 Å². The summed E-state index contributed by atoms with van der Waals surface area (Å²) in [6, 6.07) is 15.1. The number of urea groups is 1. The molecule has 1 N–H and O–H groups in total. The van der Waals surface area contributed by atoms with Gasteiger partial charge in [0.2, 0.25) is 0 Å². The van der Waals surface area contributed by atoms with Gasteiger partial charge in [0.05, 0.1) is 15.2 Å². The number of fused-ring (bicyclic) bond motifs is 1. The van der Waals surface area contributed by atoms with Gasteiger partial charge in [0, 0.05) is 30.6 Å². The fourth-order valence-electron chi connectivity index (χ4n) is 3.57. The molecule has 2 amide bonds. The van der Waals surface area contributed by atoms with Gasteiger partial charge in [-0.25, -0.2) is 9.78 Å². The van der Waals surface area contributed by atoms with Crippen molar-refractivity contribution in [3.63, 3.8) is 0 Å². The first-order valence-electron chi connectivity index (χ1n) is 9.80. The zero-order valence-corrected chi connectivity index (χ0v) is 17.9. The average molecular weight is 441 g/mol. The number of hydrogen-bond acceptors (Lipinski definition) is 5. The van der Waals surface area contributed by atoms with E-state index >= 15 is 0 Å². The molecule has 0 saturated carbocycles. The van der Waals surface area contributed by atoms with E-state index in [9.17, 15) is 4.79 Å². The molecule has 1 aromatic heterocycles. The maximum Gasteiger partial charge on any atom is 0.317 e. The lowest BCUT2D eigenvalue weighted by Crippen LogP contribution is -2.43. The number of hydrogen-bond donors (Lipinski definition) is 1. The minimum Gasteiger partial charge on any atom is -0.479 e. The summed E-state index contributed by atoms with van der Waals surface area (Å²) in [6.07, 6.45) is 1.80. The van der Waals surface area contributed by atoms with Crippen molar-refractivity contribution in [1.29, 1.82) is 5.26 Å². The Labute approximate surface area is 184 Å². The Morgan fingerprint density at radius 3 is 2.93 bits per heavy atom. The summed E-state index contributed by atoms with van der Waals surface area (Å²) in [5.74, 6) is 1.00. The highest BCUT2D eigenvalue weighted by atomic mass is 35.5. The van der Waals surface area contributed by atoms with Gasteiger partial charge in [0.1, 0.15) is 11.8 Å². The SMILES string of the molecule is N#CCOc1cccc(CNC(=O)N2CCC(c3nc4cc(Cl)ccc4s3)CC2)c1. The van der Waals surface area contributed by atoms with E-state index in [2.05, 4.69) is 5.32 Å². The Hall–Kier alpha value is -2.82. The smallest absolute Gasteiger partial charge is 0.317 e. The van der Waals surface area contributed by atoms with Crippen LogP contribution in [-0.4, -0.2) is 35.6 Å². The number of nitriles is 1. The predicted molar refractivity (Wildman–Crippen MR) is 118 cm³/mol. The highest BCUT2D eigenvalue weighted by molar-refractivity contribution is 7.18. The lowest BCUT2D eigenvalue weighted by Gasteiger charge is -2.31. The molecular weight excluding hydrogens is 420 g/mol. The molecule has 0 radical (unpaired) electrons. The minimum absolute atomic E-state index is 0.00640. The minimum atomic E-state index is -0.0622. The van der Waals surface area contributed by atoms with Gasteiger partial charge in [-0.1, -0.05) is 23.7 Å². The second kappa shape index (κ2) is 9.33. The summed E-state index contributed by atoms with van der Waals surface area (Å²) < 4.78 is 6.45. The number of carbonyl (C=O) groups excluding carboxylic acids is 1. The quantitative estimate of drug-likeness (QED) is 0.609. The molecule has 2 aromatic carbocycles. The molecule has 2 heterocycles. The van der Waals surface area contributed by atoms with Crippen molar-refractivity contribution >= 4 is 39.2 Å². The van der Waals surface area contributed by atoms with Crippen molar-refractivity contribution in [2.75, 3.05) is 19.7 Å². The van der Waals surface area contributed by atoms with Crippen LogP contribution < -0.4 is 10.1 Å². The number of halogens is 1. The summed E-state index contributed by atoms with van der Waals surface area (Å²) >= 11 is 7.78. The topological polar surface area (TPSA) is 78.2 Å². The van der Waals surface area contributed by atoms with E-state index in [1.165, 1.54) is 0 Å². The maximum absolute atomic E-state index is 12.6. The summed E-state index contributed by atoms with van der Waals surface area (Å²) in [5.41, 5.74) is 1.88. The van der Waals surface area contributed by atoms with Crippen molar-refractivity contribution in [1.82, 2.24) is 15.2 Å². The molecule has 154 valence electrons. The monoisotopic (exact) mass is 440 g/mol. The summed E-state index contributed by atoms with van der Waals surface area (Å²) in [7, 11) is 0. The maximum atomic E-state index is 12.6. The van der Waals surface area contributed by atoms with Gasteiger partial charge in [-0.2, -0.15) is 5.26 Å². The van der Waals surface area contributed by atoms with Crippen LogP contribution in [0.15, 0.2) is 42.5 Å². The molecule has 0 bridgehead atoms. The van der Waals surface area contributed by atoms with Crippen LogP contribution in [0.2, 0.25) is 5.02 Å². The summed E-state index contributed by atoms with van der Waals surface area (Å²) in [4.78, 5) is 19.2. The molecular formula is C22H21ClN4O2S. The number of aromatic nitrogens is 1. The number of carbonyl (C=O) groups is 1. The number of amides is 2. The average Bonchev–Trinajstić information content (AvgIpc) is 3.19. The Morgan fingerprint density at radius 2 is 2.13 bits per heavy atom. The molecule has 1 aliphatic rings. The number of benzene rings is 2. The first-order chi connectivity index (χ1) is 14.6. The zero-order valence-electron chi connectivity index (χ0n) is 16.3. The Kier molecular flexibility index (Phi) is 6.36. The van der Waals surface area contributed by atoms with E-state index in [-0.39, 0.29) is 12.6 Å². The first-order valence-corrected chi connectivity index (χ1v) is 11.0. The largest absolute Gasteiger partial charge is 0.479 e. The van der Waals surface area contributed by atoms with E-state index in [1.54, 1.807) is 17.4 Å². The van der Waals surface area contributed by atoms with Crippen LogP contribution in [0.3, 0.4) is 0 Å². The number of piperidine rings is 1. The highest BCUT2D eigenvalue weighted by Gasteiger charge is 2.25. The molecule has 1 aliphatic heterocycles. The number of nitrogens with one attached hydrogen (secondary N) is 1. The van der Waals surface area contributed by atoms with Gasteiger partial charge < -0.3 is 15.0 Å². The molecule has 0 unspecified atom stereocenters. The van der Waals surface area contributed by atoms with Gasteiger partial charge in [-0.15, -0.1) is 11.3 Å². The van der Waals surface area contributed by atoms with E-state index in [0.717, 1.165) is 33.6 Å². The normalized spacial score (nSPS) is 14.5. The van der Waals surface area contributed by atoms with Gasteiger partial charge in [-0.05, 0) is 48.7 Å². The van der Waals surface area contributed by atoms with Crippen LogP contribution in [-0.2, 0) is 6.54 Å². The molecule has 4 rings (SSSR count). The number of thiazole rings is 1. The van der Waals surface area contributed by atoms with Crippen LogP contribution in [0, 0.1) is 11.3 Å². The fourth-order valence-corrected chi connectivity index (χ4v) is 4.86. The van der Waals surface area contributed by atoms with Crippen LogP contribution in [0.25, 0.3) is 10.2 Å². The van der Waals surface area contributed by atoms with Crippen LogP contribution >= 0.6 is 22.9 Å². The van der Waals surface area contributed by atoms with Gasteiger partial charge in [0.25, 0.3) is 0 Å². The fraction of sp³-hybridized carbons (Fsp3) is 0.318. The molecule has 1 saturated heterocycles. The van der Waals surface area contributed by atoms with Crippen molar-refractivity contribution in [3.05, 3.63) is 58.1 Å². The lowest BCUT2D eigenvalue weighted by atomic mass is 9.98. The number of rotatable bonds is 5. The summed E-state index contributed by atoms with van der Waals surface area (Å²) in [5, 5.41) is 13.4. The highest BCUT2D eigenvalue weighted by Crippen LogP contribution is 2.34. The van der Waals surface area contributed by atoms with Crippen LogP contribution in [0.1, 0.15) is 29.3 Å². The molecule has 0 atom stereocenters. The van der Waals surface area contributed by atoms with Crippen molar-refractivity contribution in [3.8, 4) is 11.8 Å². The van der Waals surface area contributed by atoms with Gasteiger partial charge >= 0.3 is 6.03 Å². The molecule has 30 heavy (non-hydrogen) atoms. The molecule has 6 nitrogen and oxygen atoms in total. The standard InChI is InChI=1S/C22H21ClN4O2S/c23-17-4-5-20-19(13-17)26-21(30-20)16-6-9-27(10-7-16)22(28)25-14-15-2-1-3-18(12-15)29-11-8-24/h1-5,12-13,16H,6-7,9-11,14H2,(H,25,28). The van der Waals surface area contributed by atoms with Crippen molar-refractivity contribution in [2.45, 2.75) is 25.3 Å². The van der Waals surface area contributed by atoms with Crippen LogP contribution in [0.5, 0.6) is 5.75 Å². The second-order valence-electron chi connectivity index (χ2n) is 7.18. The molecule has 0 spiro atoms. The van der Waals surface area contributed by atoms with E-state index in [1.807, 2.05) is 47.4 Å². The van der Waals surface area contributed by atoms with Crippen molar-refractivity contribution in [2.24, 2.45) is 0 Å². The first kappa shape index (κ1) is 20.5. The molecule has 0 aliphatic carbocycles. The third kappa shape index (κ3) is 4.84. The molecule has 8 heteroatoms. The van der Waals surface area contributed by atoms with Crippen molar-refractivity contribution < 1.29 is 9.53 Å². The molecule has 1 fully saturated rings. The summed E-state index contributed by atoms with van der Waals surface area (Å²) in [6.45, 7) is 1.84. The zero-order chi connectivity index (χ0) is 20.9. The predicted octanol–water partition coefficient (Wildman–Crippen LogP) is 4.94. The second-order valence-corrected chi connectivity index (χ2v) is 8.68. The Balaban J connectivity index is 1.29. The van der Waals surface area contributed by atoms with E-state index in [4.69, 9.17) is 26.6 Å². The Morgan fingerprint density at radius 1 is 1.30 bits per heavy atom. The number of likely N-dealkylation sites (tertiary alicyclic amines) is 1.